The molecule has 2 aromatic rings. The Kier molecular flexibility index (Phi) is 8.16. The lowest BCUT2D eigenvalue weighted by atomic mass is 9.82. The van der Waals surface area contributed by atoms with Crippen LogP contribution < -0.4 is 5.56 Å². The summed E-state index contributed by atoms with van der Waals surface area (Å²) in [7, 11) is 0. The molecule has 0 aliphatic carbocycles. The number of aryl methyl sites for hydroxylation is 3. The zero-order valence-corrected chi connectivity index (χ0v) is 24.2. The molecule has 1 fully saturated rings. The van der Waals surface area contributed by atoms with E-state index in [-0.39, 0.29) is 11.5 Å². The Morgan fingerprint density at radius 1 is 1.14 bits per heavy atom. The van der Waals surface area contributed by atoms with Gasteiger partial charge in [-0.1, -0.05) is 27.7 Å². The predicted octanol–water partition coefficient (Wildman–Crippen LogP) is 6.20. The van der Waals surface area contributed by atoms with Gasteiger partial charge in [-0.25, -0.2) is 0 Å². The van der Waals surface area contributed by atoms with E-state index < -0.39 is 0 Å². The van der Waals surface area contributed by atoms with E-state index in [9.17, 15) is 9.59 Å². The van der Waals surface area contributed by atoms with Crippen molar-refractivity contribution in [1.82, 2.24) is 14.8 Å². The van der Waals surface area contributed by atoms with E-state index in [1.54, 1.807) is 0 Å². The van der Waals surface area contributed by atoms with E-state index in [1.807, 2.05) is 36.2 Å². The maximum atomic E-state index is 13.8. The van der Waals surface area contributed by atoms with Crippen LogP contribution in [0.15, 0.2) is 10.9 Å². The molecular weight excluding hydrogens is 466 g/mol. The van der Waals surface area contributed by atoms with Crippen molar-refractivity contribution in [2.24, 2.45) is 11.3 Å². The maximum Gasteiger partial charge on any atom is 0.255 e. The first-order valence-corrected chi connectivity index (χ1v) is 14.7. The molecule has 0 spiro atoms. The van der Waals surface area contributed by atoms with Crippen LogP contribution in [0.4, 0.5) is 0 Å². The summed E-state index contributed by atoms with van der Waals surface area (Å²) in [4.78, 5) is 36.5. The number of aromatic nitrogens is 1. The first-order chi connectivity index (χ1) is 17.0. The molecule has 1 amide bonds. The van der Waals surface area contributed by atoms with Crippen LogP contribution in [0.3, 0.4) is 0 Å². The van der Waals surface area contributed by atoms with Crippen LogP contribution in [-0.4, -0.2) is 46.9 Å². The van der Waals surface area contributed by atoms with Crippen LogP contribution in [0, 0.1) is 32.1 Å². The van der Waals surface area contributed by atoms with Gasteiger partial charge in [0.25, 0.3) is 11.5 Å². The molecule has 1 saturated heterocycles. The van der Waals surface area contributed by atoms with Crippen LogP contribution in [0.2, 0.25) is 0 Å². The molecule has 0 radical (unpaired) electrons. The lowest BCUT2D eigenvalue weighted by Gasteiger charge is -2.38. The fourth-order valence-corrected chi connectivity index (χ4v) is 7.62. The topological polar surface area (TPSA) is 56.4 Å². The highest BCUT2D eigenvalue weighted by Gasteiger charge is 2.33. The quantitative estimate of drug-likeness (QED) is 0.481. The van der Waals surface area contributed by atoms with Crippen molar-refractivity contribution in [1.29, 1.82) is 0 Å². The molecule has 1 unspecified atom stereocenters. The Bertz CT molecular complexity index is 1150. The summed E-state index contributed by atoms with van der Waals surface area (Å²) in [6.45, 7) is 20.1. The third kappa shape index (κ3) is 5.65. The molecule has 6 heteroatoms. The van der Waals surface area contributed by atoms with E-state index in [2.05, 4.69) is 44.5 Å². The minimum absolute atomic E-state index is 0.0743. The van der Waals surface area contributed by atoms with Gasteiger partial charge in [0.2, 0.25) is 0 Å². The van der Waals surface area contributed by atoms with E-state index in [1.165, 1.54) is 54.2 Å². The fourth-order valence-electron chi connectivity index (χ4n) is 6.13. The van der Waals surface area contributed by atoms with Crippen LogP contribution in [-0.2, 0) is 13.0 Å². The number of likely N-dealkylation sites (tertiary alicyclic amines) is 1. The summed E-state index contributed by atoms with van der Waals surface area (Å²) >= 11 is 1.88. The molecular formula is C30H45N3O2S. The Hall–Kier alpha value is -1.92. The number of fused-ring (bicyclic) bond motifs is 1. The Morgan fingerprint density at radius 3 is 2.47 bits per heavy atom. The number of H-pyrrole nitrogens is 1. The summed E-state index contributed by atoms with van der Waals surface area (Å²) in [5.41, 5.74) is 4.93. The number of carbonyl (C=O) groups is 1. The summed E-state index contributed by atoms with van der Waals surface area (Å²) < 4.78 is 0. The largest absolute Gasteiger partial charge is 0.334 e. The van der Waals surface area contributed by atoms with E-state index in [0.29, 0.717) is 35.9 Å². The average Bonchev–Trinajstić information content (AvgIpc) is 3.06. The second-order valence-corrected chi connectivity index (χ2v) is 13.2. The first-order valence-electron chi connectivity index (χ1n) is 13.8. The first kappa shape index (κ1) is 27.1. The summed E-state index contributed by atoms with van der Waals surface area (Å²) in [6, 6.07) is 1.99. The van der Waals surface area contributed by atoms with Crippen molar-refractivity contribution in [2.45, 2.75) is 93.0 Å². The third-order valence-electron chi connectivity index (χ3n) is 8.79. The van der Waals surface area contributed by atoms with Gasteiger partial charge in [-0.05, 0) is 100 Å². The number of piperidine rings is 1. The Morgan fingerprint density at radius 2 is 1.83 bits per heavy atom. The molecule has 0 aromatic carbocycles. The number of carbonyl (C=O) groups excluding carboxylic acids is 1. The number of hydrogen-bond acceptors (Lipinski definition) is 4. The molecule has 0 saturated carbocycles. The summed E-state index contributed by atoms with van der Waals surface area (Å²) in [6.07, 6.45) is 5.58. The zero-order valence-electron chi connectivity index (χ0n) is 23.4. The van der Waals surface area contributed by atoms with Crippen molar-refractivity contribution in [3.63, 3.8) is 0 Å². The van der Waals surface area contributed by atoms with Gasteiger partial charge in [-0.15, -0.1) is 11.3 Å². The number of nitrogens with zero attached hydrogens (tertiary/aromatic N) is 2. The number of pyridine rings is 1. The van der Waals surface area contributed by atoms with Crippen LogP contribution >= 0.6 is 11.3 Å². The van der Waals surface area contributed by atoms with Crippen molar-refractivity contribution >= 4 is 17.2 Å². The van der Waals surface area contributed by atoms with Crippen molar-refractivity contribution in [3.8, 4) is 0 Å². The zero-order chi connectivity index (χ0) is 26.2. The minimum atomic E-state index is -0.0743. The normalized spacial score (nSPS) is 18.9. The highest BCUT2D eigenvalue weighted by atomic mass is 32.1. The van der Waals surface area contributed by atoms with Crippen molar-refractivity contribution < 1.29 is 4.79 Å². The van der Waals surface area contributed by atoms with Crippen LogP contribution in [0.25, 0.3) is 0 Å². The SMILES string of the molecule is CCC(C)(C)CN1CCC(C(C)c2sc3c(c2C)C(=O)N(Cc2c(C)cc(C)[nH]c2=O)CCC3)CC1. The van der Waals surface area contributed by atoms with Crippen LogP contribution in [0.5, 0.6) is 0 Å². The number of thiophene rings is 1. The van der Waals surface area contributed by atoms with Gasteiger partial charge in [0, 0.05) is 34.1 Å². The predicted molar refractivity (Wildman–Crippen MR) is 150 cm³/mol. The van der Waals surface area contributed by atoms with Gasteiger partial charge >= 0.3 is 0 Å². The fraction of sp³-hybridized carbons (Fsp3) is 0.667. The molecule has 36 heavy (non-hydrogen) atoms. The number of nitrogens with one attached hydrogen (secondary N) is 1. The molecule has 0 bridgehead atoms. The van der Waals surface area contributed by atoms with Gasteiger partial charge in [-0.2, -0.15) is 0 Å². The molecule has 4 rings (SSSR count). The molecule has 4 heterocycles. The lowest BCUT2D eigenvalue weighted by molar-refractivity contribution is 0.0747. The number of aromatic amines is 1. The Balaban J connectivity index is 1.50. The second kappa shape index (κ2) is 10.8. The van der Waals surface area contributed by atoms with E-state index in [0.717, 1.165) is 29.7 Å². The van der Waals surface area contributed by atoms with Gasteiger partial charge in [0.15, 0.2) is 0 Å². The number of amides is 1. The monoisotopic (exact) mass is 511 g/mol. The molecule has 5 nitrogen and oxygen atoms in total. The Labute approximate surface area is 221 Å². The number of rotatable bonds is 7. The van der Waals surface area contributed by atoms with Gasteiger partial charge < -0.3 is 14.8 Å². The second-order valence-electron chi connectivity index (χ2n) is 12.1. The smallest absolute Gasteiger partial charge is 0.255 e. The van der Waals surface area contributed by atoms with Crippen molar-refractivity contribution in [2.75, 3.05) is 26.2 Å². The average molecular weight is 512 g/mol. The van der Waals surface area contributed by atoms with Gasteiger partial charge in [-0.3, -0.25) is 9.59 Å². The highest BCUT2D eigenvalue weighted by Crippen LogP contribution is 2.42. The summed E-state index contributed by atoms with van der Waals surface area (Å²) in [5, 5.41) is 0. The standard InChI is InChI=1S/C30H45N3O2S/c1-8-30(6,7)18-32-14-11-23(12-15-32)21(4)27-22(5)26-25(36-27)10-9-13-33(29(26)35)17-24-19(2)16-20(3)31-28(24)34/h16,21,23H,8-15,17-18H2,1-7H3,(H,31,34). The molecule has 1 N–H and O–H groups in total. The third-order valence-corrected chi connectivity index (χ3v) is 10.3. The van der Waals surface area contributed by atoms with Crippen molar-refractivity contribution in [3.05, 3.63) is 54.1 Å². The van der Waals surface area contributed by atoms with Crippen LogP contribution in [0.1, 0.15) is 102 Å². The molecule has 198 valence electrons. The molecule has 2 aliphatic heterocycles. The molecule has 2 aliphatic rings. The highest BCUT2D eigenvalue weighted by molar-refractivity contribution is 7.12. The lowest BCUT2D eigenvalue weighted by Crippen LogP contribution is -2.40. The maximum absolute atomic E-state index is 13.8. The van der Waals surface area contributed by atoms with E-state index >= 15 is 0 Å². The summed E-state index contributed by atoms with van der Waals surface area (Å²) in [5.74, 6) is 1.25. The number of hydrogen-bond donors (Lipinski definition) is 1. The molecule has 1 atom stereocenters. The van der Waals surface area contributed by atoms with Gasteiger partial charge in [0.05, 0.1) is 12.1 Å². The minimum Gasteiger partial charge on any atom is -0.334 e. The molecule has 2 aromatic heterocycles. The van der Waals surface area contributed by atoms with Gasteiger partial charge in [0.1, 0.15) is 0 Å². The van der Waals surface area contributed by atoms with E-state index in [4.69, 9.17) is 0 Å².